The van der Waals surface area contributed by atoms with Gasteiger partial charge in [-0.1, -0.05) is 49.4 Å². The number of nitrogens with one attached hydrogen (secondary N) is 1. The molecule has 3 aromatic rings. The number of benzene rings is 3. The zero-order chi connectivity index (χ0) is 19.1. The highest BCUT2D eigenvalue weighted by Crippen LogP contribution is 2.22. The van der Waals surface area contributed by atoms with E-state index >= 15 is 0 Å². The summed E-state index contributed by atoms with van der Waals surface area (Å²) < 4.78 is 5.80. The maximum absolute atomic E-state index is 11.1. The number of hydrogen-bond donors (Lipinski definition) is 2. The molecule has 1 unspecified atom stereocenters. The summed E-state index contributed by atoms with van der Waals surface area (Å²) in [5.41, 5.74) is 8.25. The van der Waals surface area contributed by atoms with Gasteiger partial charge in [-0.3, -0.25) is 4.79 Å². The number of ether oxygens (including phenoxy) is 1. The average Bonchev–Trinajstić information content (AvgIpc) is 2.70. The van der Waals surface area contributed by atoms with Crippen molar-refractivity contribution in [1.82, 2.24) is 5.32 Å². The molecule has 1 atom stereocenters. The predicted molar refractivity (Wildman–Crippen MR) is 108 cm³/mol. The summed E-state index contributed by atoms with van der Waals surface area (Å²) in [6, 6.07) is 25.3. The Labute approximate surface area is 160 Å². The van der Waals surface area contributed by atoms with Gasteiger partial charge in [-0.2, -0.15) is 0 Å². The summed E-state index contributed by atoms with van der Waals surface area (Å²) >= 11 is 0. The van der Waals surface area contributed by atoms with Gasteiger partial charge < -0.3 is 15.8 Å². The number of rotatable bonds is 8. The second kappa shape index (κ2) is 9.01. The molecule has 0 saturated heterocycles. The van der Waals surface area contributed by atoms with Crippen LogP contribution in [-0.2, 0) is 6.54 Å². The van der Waals surface area contributed by atoms with Crippen LogP contribution in [0.25, 0.3) is 0 Å². The van der Waals surface area contributed by atoms with Crippen LogP contribution in [0, 0.1) is 0 Å². The van der Waals surface area contributed by atoms with Gasteiger partial charge in [0.2, 0.25) is 5.91 Å². The first-order chi connectivity index (χ1) is 13.1. The minimum atomic E-state index is -0.444. The third-order valence-corrected chi connectivity index (χ3v) is 4.45. The average molecular weight is 360 g/mol. The molecular formula is C23H24N2O2. The van der Waals surface area contributed by atoms with E-state index in [9.17, 15) is 4.79 Å². The Morgan fingerprint density at radius 3 is 2.11 bits per heavy atom. The Morgan fingerprint density at radius 2 is 1.52 bits per heavy atom. The molecule has 3 rings (SSSR count). The Balaban J connectivity index is 1.49. The maximum Gasteiger partial charge on any atom is 0.248 e. The third kappa shape index (κ3) is 5.43. The molecule has 0 bridgehead atoms. The van der Waals surface area contributed by atoms with Crippen molar-refractivity contribution in [2.75, 3.05) is 6.54 Å². The Morgan fingerprint density at radius 1 is 0.926 bits per heavy atom. The fourth-order valence-corrected chi connectivity index (χ4v) is 2.83. The van der Waals surface area contributed by atoms with Crippen LogP contribution in [0.4, 0.5) is 0 Å². The van der Waals surface area contributed by atoms with Gasteiger partial charge in [0.25, 0.3) is 0 Å². The Hall–Kier alpha value is -3.11. The summed E-state index contributed by atoms with van der Waals surface area (Å²) in [6.45, 7) is 3.96. The molecule has 0 saturated carbocycles. The summed E-state index contributed by atoms with van der Waals surface area (Å²) in [5.74, 6) is 1.45. The van der Waals surface area contributed by atoms with Crippen LogP contribution in [0.5, 0.6) is 11.5 Å². The molecule has 4 heteroatoms. The van der Waals surface area contributed by atoms with Crippen LogP contribution in [0.2, 0.25) is 0 Å². The van der Waals surface area contributed by atoms with Crippen molar-refractivity contribution >= 4 is 5.91 Å². The summed E-state index contributed by atoms with van der Waals surface area (Å²) in [4.78, 5) is 11.1. The molecule has 138 valence electrons. The second-order valence-electron chi connectivity index (χ2n) is 6.58. The van der Waals surface area contributed by atoms with E-state index in [4.69, 9.17) is 10.5 Å². The van der Waals surface area contributed by atoms with E-state index in [-0.39, 0.29) is 0 Å². The Bertz CT molecular complexity index is 859. The number of amides is 1. The smallest absolute Gasteiger partial charge is 0.248 e. The number of primary amides is 1. The lowest BCUT2D eigenvalue weighted by Gasteiger charge is -2.13. The van der Waals surface area contributed by atoms with E-state index < -0.39 is 5.91 Å². The van der Waals surface area contributed by atoms with Gasteiger partial charge in [-0.05, 0) is 53.4 Å². The first kappa shape index (κ1) is 18.7. The predicted octanol–water partition coefficient (Wildman–Crippen LogP) is 4.47. The zero-order valence-corrected chi connectivity index (χ0v) is 15.4. The fraction of sp³-hybridized carbons (Fsp3) is 0.174. The molecule has 1 amide bonds. The standard InChI is InChI=1S/C23H24N2O2/c1-17(19-5-3-2-4-6-19)15-25-16-18-7-11-21(12-8-18)27-22-13-9-20(10-14-22)23(24)26/h2-14,17,25H,15-16H2,1H3,(H2,24,26). The molecular weight excluding hydrogens is 336 g/mol. The SMILES string of the molecule is CC(CNCc1ccc(Oc2ccc(C(N)=O)cc2)cc1)c1ccccc1. The lowest BCUT2D eigenvalue weighted by molar-refractivity contribution is 0.100. The molecule has 0 aliphatic carbocycles. The van der Waals surface area contributed by atoms with Crippen LogP contribution in [-0.4, -0.2) is 12.5 Å². The van der Waals surface area contributed by atoms with Crippen molar-refractivity contribution in [1.29, 1.82) is 0 Å². The van der Waals surface area contributed by atoms with Crippen molar-refractivity contribution in [3.8, 4) is 11.5 Å². The van der Waals surface area contributed by atoms with Gasteiger partial charge in [0.15, 0.2) is 0 Å². The lowest BCUT2D eigenvalue weighted by Crippen LogP contribution is -2.19. The first-order valence-electron chi connectivity index (χ1n) is 9.04. The topological polar surface area (TPSA) is 64.3 Å². The van der Waals surface area contributed by atoms with Crippen LogP contribution >= 0.6 is 0 Å². The van der Waals surface area contributed by atoms with E-state index in [2.05, 4.69) is 36.5 Å². The van der Waals surface area contributed by atoms with Gasteiger partial charge in [0, 0.05) is 18.7 Å². The Kier molecular flexibility index (Phi) is 6.23. The molecule has 0 aliphatic heterocycles. The van der Waals surface area contributed by atoms with E-state index in [1.54, 1.807) is 24.3 Å². The molecule has 0 heterocycles. The lowest BCUT2D eigenvalue weighted by atomic mass is 10.0. The van der Waals surface area contributed by atoms with Gasteiger partial charge in [0.1, 0.15) is 11.5 Å². The molecule has 0 radical (unpaired) electrons. The normalized spacial score (nSPS) is 11.7. The van der Waals surface area contributed by atoms with Crippen molar-refractivity contribution in [3.05, 3.63) is 95.6 Å². The van der Waals surface area contributed by atoms with Gasteiger partial charge >= 0.3 is 0 Å². The summed E-state index contributed by atoms with van der Waals surface area (Å²) in [7, 11) is 0. The van der Waals surface area contributed by atoms with Gasteiger partial charge in [-0.25, -0.2) is 0 Å². The molecule has 3 N–H and O–H groups in total. The van der Waals surface area contributed by atoms with Gasteiger partial charge in [-0.15, -0.1) is 0 Å². The molecule has 0 aliphatic rings. The molecule has 3 aromatic carbocycles. The second-order valence-corrected chi connectivity index (χ2v) is 6.58. The molecule has 27 heavy (non-hydrogen) atoms. The fourth-order valence-electron chi connectivity index (χ4n) is 2.83. The number of hydrogen-bond acceptors (Lipinski definition) is 3. The van der Waals surface area contributed by atoms with E-state index in [0.717, 1.165) is 18.8 Å². The number of carbonyl (C=O) groups excluding carboxylic acids is 1. The van der Waals surface area contributed by atoms with Crippen LogP contribution < -0.4 is 15.8 Å². The van der Waals surface area contributed by atoms with Crippen molar-refractivity contribution in [3.63, 3.8) is 0 Å². The molecule has 0 spiro atoms. The summed E-state index contributed by atoms with van der Waals surface area (Å²) in [5, 5.41) is 3.50. The van der Waals surface area contributed by atoms with Crippen molar-refractivity contribution in [2.24, 2.45) is 5.73 Å². The highest BCUT2D eigenvalue weighted by atomic mass is 16.5. The minimum absolute atomic E-state index is 0.444. The highest BCUT2D eigenvalue weighted by molar-refractivity contribution is 5.92. The van der Waals surface area contributed by atoms with E-state index in [1.165, 1.54) is 11.1 Å². The summed E-state index contributed by atoms with van der Waals surface area (Å²) in [6.07, 6.45) is 0. The van der Waals surface area contributed by atoms with E-state index in [1.807, 2.05) is 30.3 Å². The zero-order valence-electron chi connectivity index (χ0n) is 15.4. The largest absolute Gasteiger partial charge is 0.457 e. The molecule has 0 aromatic heterocycles. The molecule has 4 nitrogen and oxygen atoms in total. The van der Waals surface area contributed by atoms with Crippen molar-refractivity contribution < 1.29 is 9.53 Å². The minimum Gasteiger partial charge on any atom is -0.457 e. The van der Waals surface area contributed by atoms with Crippen LogP contribution in [0.15, 0.2) is 78.9 Å². The van der Waals surface area contributed by atoms with E-state index in [0.29, 0.717) is 17.2 Å². The highest BCUT2D eigenvalue weighted by Gasteiger charge is 2.05. The van der Waals surface area contributed by atoms with Crippen LogP contribution in [0.1, 0.15) is 34.3 Å². The maximum atomic E-state index is 11.1. The third-order valence-electron chi connectivity index (χ3n) is 4.45. The monoisotopic (exact) mass is 360 g/mol. The first-order valence-corrected chi connectivity index (χ1v) is 9.04. The number of nitrogens with two attached hydrogens (primary N) is 1. The van der Waals surface area contributed by atoms with Crippen LogP contribution in [0.3, 0.4) is 0 Å². The molecule has 0 fully saturated rings. The number of carbonyl (C=O) groups is 1. The van der Waals surface area contributed by atoms with Crippen molar-refractivity contribution in [2.45, 2.75) is 19.4 Å². The van der Waals surface area contributed by atoms with Gasteiger partial charge in [0.05, 0.1) is 0 Å². The quantitative estimate of drug-likeness (QED) is 0.623.